The lowest BCUT2D eigenvalue weighted by molar-refractivity contribution is -0.144. The molecule has 0 radical (unpaired) electrons. The van der Waals surface area contributed by atoms with Crippen LogP contribution in [0.1, 0.15) is 47.5 Å². The predicted octanol–water partition coefficient (Wildman–Crippen LogP) is 1.47. The van der Waals surface area contributed by atoms with Gasteiger partial charge in [-0.25, -0.2) is 0 Å². The van der Waals surface area contributed by atoms with E-state index in [9.17, 15) is 9.59 Å². The van der Waals surface area contributed by atoms with E-state index in [0.717, 1.165) is 6.42 Å². The summed E-state index contributed by atoms with van der Waals surface area (Å²) < 4.78 is 0. The van der Waals surface area contributed by atoms with Gasteiger partial charge in [0.1, 0.15) is 6.04 Å². The second-order valence-electron chi connectivity index (χ2n) is 5.33. The number of nitrogens with zero attached hydrogens (tertiary/aromatic N) is 1. The van der Waals surface area contributed by atoms with Crippen molar-refractivity contribution in [1.82, 2.24) is 10.2 Å². The van der Waals surface area contributed by atoms with Gasteiger partial charge in [-0.15, -0.1) is 0 Å². The summed E-state index contributed by atoms with van der Waals surface area (Å²) in [5.74, 6) is -1.03. The highest BCUT2D eigenvalue weighted by Gasteiger charge is 2.30. The summed E-state index contributed by atoms with van der Waals surface area (Å²) in [6.45, 7) is 9.43. The van der Waals surface area contributed by atoms with Gasteiger partial charge in [0.25, 0.3) is 0 Å². The molecule has 2 N–H and O–H groups in total. The third kappa shape index (κ3) is 4.64. The van der Waals surface area contributed by atoms with Gasteiger partial charge in [0.15, 0.2) is 0 Å². The van der Waals surface area contributed by atoms with Crippen LogP contribution in [0.5, 0.6) is 0 Å². The molecule has 0 spiro atoms. The van der Waals surface area contributed by atoms with Crippen molar-refractivity contribution in [3.8, 4) is 0 Å². The van der Waals surface area contributed by atoms with Gasteiger partial charge in [-0.05, 0) is 40.7 Å². The second kappa shape index (κ2) is 6.73. The molecule has 0 fully saturated rings. The van der Waals surface area contributed by atoms with Gasteiger partial charge in [-0.2, -0.15) is 0 Å². The van der Waals surface area contributed by atoms with Crippen molar-refractivity contribution in [3.63, 3.8) is 0 Å². The monoisotopic (exact) mass is 258 g/mol. The Kier molecular flexibility index (Phi) is 6.32. The second-order valence-corrected chi connectivity index (χ2v) is 5.33. The molecule has 0 heterocycles. The average molecular weight is 258 g/mol. The standard InChI is InChI=1S/C13H26N2O3/c1-7-10(12(17)18)15(6)9(3)11(16)14-13(4,5)8-2/h9-10H,7-8H2,1-6H3,(H,14,16)(H,17,18). The molecule has 5 heteroatoms. The molecule has 0 saturated carbocycles. The number of hydrogen-bond donors (Lipinski definition) is 2. The van der Waals surface area contributed by atoms with E-state index in [-0.39, 0.29) is 11.4 Å². The van der Waals surface area contributed by atoms with Crippen LogP contribution in [0.15, 0.2) is 0 Å². The number of nitrogens with one attached hydrogen (secondary N) is 1. The summed E-state index contributed by atoms with van der Waals surface area (Å²) in [7, 11) is 1.67. The number of carbonyl (C=O) groups excluding carboxylic acids is 1. The minimum atomic E-state index is -0.894. The number of rotatable bonds is 7. The quantitative estimate of drug-likeness (QED) is 0.725. The maximum absolute atomic E-state index is 12.1. The minimum absolute atomic E-state index is 0.135. The molecule has 0 saturated heterocycles. The predicted molar refractivity (Wildman–Crippen MR) is 71.5 cm³/mol. The molecule has 106 valence electrons. The third-order valence-corrected chi connectivity index (χ3v) is 3.50. The van der Waals surface area contributed by atoms with Crippen LogP contribution >= 0.6 is 0 Å². The van der Waals surface area contributed by atoms with E-state index < -0.39 is 18.1 Å². The molecule has 0 aromatic heterocycles. The maximum Gasteiger partial charge on any atom is 0.320 e. The Hall–Kier alpha value is -1.10. The Balaban J connectivity index is 4.68. The highest BCUT2D eigenvalue weighted by atomic mass is 16.4. The van der Waals surface area contributed by atoms with Crippen LogP contribution in [0.25, 0.3) is 0 Å². The number of carbonyl (C=O) groups is 2. The fourth-order valence-electron chi connectivity index (χ4n) is 1.62. The average Bonchev–Trinajstić information content (AvgIpc) is 2.27. The summed E-state index contributed by atoms with van der Waals surface area (Å²) in [6.07, 6.45) is 1.30. The van der Waals surface area contributed by atoms with Crippen molar-refractivity contribution < 1.29 is 14.7 Å². The molecule has 18 heavy (non-hydrogen) atoms. The molecule has 0 aromatic carbocycles. The fraction of sp³-hybridized carbons (Fsp3) is 0.846. The molecular formula is C13H26N2O3. The molecular weight excluding hydrogens is 232 g/mol. The van der Waals surface area contributed by atoms with Crippen molar-refractivity contribution in [1.29, 1.82) is 0 Å². The van der Waals surface area contributed by atoms with E-state index in [1.807, 2.05) is 20.8 Å². The Morgan fingerprint density at radius 2 is 1.83 bits per heavy atom. The van der Waals surface area contributed by atoms with Crippen molar-refractivity contribution in [2.45, 2.75) is 65.1 Å². The lowest BCUT2D eigenvalue weighted by Crippen LogP contribution is -2.54. The van der Waals surface area contributed by atoms with E-state index >= 15 is 0 Å². The number of hydrogen-bond acceptors (Lipinski definition) is 3. The van der Waals surface area contributed by atoms with Gasteiger partial charge in [0, 0.05) is 5.54 Å². The van der Waals surface area contributed by atoms with E-state index in [4.69, 9.17) is 5.11 Å². The SMILES string of the molecule is CCC(C(=O)O)N(C)C(C)C(=O)NC(C)(C)CC. The lowest BCUT2D eigenvalue weighted by atomic mass is 10.0. The van der Waals surface area contributed by atoms with Gasteiger partial charge in [0.05, 0.1) is 6.04 Å². The topological polar surface area (TPSA) is 69.6 Å². The zero-order chi connectivity index (χ0) is 14.5. The Labute approximate surface area is 110 Å². The van der Waals surface area contributed by atoms with E-state index in [2.05, 4.69) is 5.32 Å². The summed E-state index contributed by atoms with van der Waals surface area (Å²) in [5.41, 5.74) is -0.267. The van der Waals surface area contributed by atoms with Crippen molar-refractivity contribution in [3.05, 3.63) is 0 Å². The molecule has 2 unspecified atom stereocenters. The van der Waals surface area contributed by atoms with Crippen molar-refractivity contribution >= 4 is 11.9 Å². The first-order valence-corrected chi connectivity index (χ1v) is 6.43. The Morgan fingerprint density at radius 3 is 2.17 bits per heavy atom. The van der Waals surface area contributed by atoms with Gasteiger partial charge in [-0.1, -0.05) is 13.8 Å². The molecule has 1 amide bonds. The number of amides is 1. The van der Waals surface area contributed by atoms with E-state index in [1.165, 1.54) is 0 Å². The normalized spacial score (nSPS) is 15.3. The van der Waals surface area contributed by atoms with Crippen molar-refractivity contribution in [2.24, 2.45) is 0 Å². The minimum Gasteiger partial charge on any atom is -0.480 e. The van der Waals surface area contributed by atoms with Crippen LogP contribution in [0, 0.1) is 0 Å². The summed E-state index contributed by atoms with van der Waals surface area (Å²) in [4.78, 5) is 24.7. The first-order valence-electron chi connectivity index (χ1n) is 6.43. The number of carboxylic acids is 1. The van der Waals surface area contributed by atoms with Crippen LogP contribution in [-0.2, 0) is 9.59 Å². The fourth-order valence-corrected chi connectivity index (χ4v) is 1.62. The summed E-state index contributed by atoms with van der Waals surface area (Å²) in [5, 5.41) is 12.0. The first-order chi connectivity index (χ1) is 8.16. The molecule has 0 rings (SSSR count). The van der Waals surface area contributed by atoms with Crippen molar-refractivity contribution in [2.75, 3.05) is 7.05 Å². The Bertz CT molecular complexity index is 303. The van der Waals surface area contributed by atoms with Crippen LogP contribution in [0.3, 0.4) is 0 Å². The molecule has 5 nitrogen and oxygen atoms in total. The Morgan fingerprint density at radius 1 is 1.33 bits per heavy atom. The highest BCUT2D eigenvalue weighted by Crippen LogP contribution is 2.11. The van der Waals surface area contributed by atoms with Crippen LogP contribution in [0.4, 0.5) is 0 Å². The third-order valence-electron chi connectivity index (χ3n) is 3.50. The maximum atomic E-state index is 12.1. The summed E-state index contributed by atoms with van der Waals surface area (Å²) in [6, 6.07) is -1.09. The zero-order valence-electron chi connectivity index (χ0n) is 12.3. The van der Waals surface area contributed by atoms with Crippen LogP contribution in [-0.4, -0.2) is 46.6 Å². The highest BCUT2D eigenvalue weighted by molar-refractivity contribution is 5.83. The summed E-state index contributed by atoms with van der Waals surface area (Å²) >= 11 is 0. The smallest absolute Gasteiger partial charge is 0.320 e. The number of likely N-dealkylation sites (N-methyl/N-ethyl adjacent to an activating group) is 1. The number of carboxylic acid groups (broad SMARTS) is 1. The molecule has 0 bridgehead atoms. The molecule has 0 aliphatic rings. The molecule has 0 aliphatic heterocycles. The lowest BCUT2D eigenvalue weighted by Gasteiger charge is -2.32. The zero-order valence-corrected chi connectivity index (χ0v) is 12.3. The van der Waals surface area contributed by atoms with Gasteiger partial charge in [-0.3, -0.25) is 14.5 Å². The molecule has 2 atom stereocenters. The van der Waals surface area contributed by atoms with Crippen LogP contribution < -0.4 is 5.32 Å². The number of aliphatic carboxylic acids is 1. The molecule has 0 aliphatic carbocycles. The first kappa shape index (κ1) is 16.9. The van der Waals surface area contributed by atoms with Crippen LogP contribution in [0.2, 0.25) is 0 Å². The largest absolute Gasteiger partial charge is 0.480 e. The molecule has 0 aromatic rings. The van der Waals surface area contributed by atoms with Gasteiger partial charge < -0.3 is 10.4 Å². The van der Waals surface area contributed by atoms with Gasteiger partial charge >= 0.3 is 5.97 Å². The van der Waals surface area contributed by atoms with E-state index in [1.54, 1.807) is 25.8 Å². The van der Waals surface area contributed by atoms with Gasteiger partial charge in [0.2, 0.25) is 5.91 Å². The van der Waals surface area contributed by atoms with E-state index in [0.29, 0.717) is 6.42 Å².